The maximum atomic E-state index is 10.1. The second-order valence-electron chi connectivity index (χ2n) is 2.59. The first-order valence-corrected chi connectivity index (χ1v) is 3.38. The summed E-state index contributed by atoms with van der Waals surface area (Å²) in [5.41, 5.74) is 0.847. The van der Waals surface area contributed by atoms with Gasteiger partial charge in [0.2, 0.25) is 0 Å². The van der Waals surface area contributed by atoms with E-state index in [9.17, 15) is 4.79 Å². The van der Waals surface area contributed by atoms with Crippen molar-refractivity contribution in [2.24, 2.45) is 0 Å². The predicted molar refractivity (Wildman–Crippen MR) is 37.6 cm³/mol. The van der Waals surface area contributed by atoms with E-state index in [4.69, 9.17) is 5.11 Å². The summed E-state index contributed by atoms with van der Waals surface area (Å²) in [6.45, 7) is 2.04. The van der Waals surface area contributed by atoms with Crippen LogP contribution in [-0.4, -0.2) is 17.1 Å². The molecular formula is C7H11NO2. The molecule has 2 N–H and O–H groups in total. The third-order valence-electron chi connectivity index (χ3n) is 1.58. The fraction of sp³-hybridized carbons (Fsp3) is 0.571. The number of allylic oxidation sites excluding steroid dienone is 1. The Labute approximate surface area is 59.7 Å². The van der Waals surface area contributed by atoms with Crippen molar-refractivity contribution < 1.29 is 9.90 Å². The minimum Gasteiger partial charge on any atom is -0.478 e. The lowest BCUT2D eigenvalue weighted by Crippen LogP contribution is -2.16. The SMILES string of the molecule is CC1CC/C(=C\C(=O)O)N1. The average Bonchev–Trinajstić information content (AvgIpc) is 2.13. The van der Waals surface area contributed by atoms with Gasteiger partial charge in [0.15, 0.2) is 0 Å². The Morgan fingerprint density at radius 2 is 2.60 bits per heavy atom. The van der Waals surface area contributed by atoms with Gasteiger partial charge in [-0.1, -0.05) is 0 Å². The lowest BCUT2D eigenvalue weighted by Gasteiger charge is -2.00. The van der Waals surface area contributed by atoms with Crippen LogP contribution in [0.5, 0.6) is 0 Å². The summed E-state index contributed by atoms with van der Waals surface area (Å²) in [7, 11) is 0. The van der Waals surface area contributed by atoms with Gasteiger partial charge in [0.05, 0.1) is 0 Å². The molecule has 1 aliphatic rings. The first-order chi connectivity index (χ1) is 4.68. The maximum absolute atomic E-state index is 10.1. The van der Waals surface area contributed by atoms with Gasteiger partial charge in [-0.05, 0) is 19.8 Å². The molecule has 1 atom stereocenters. The number of carboxylic acid groups (broad SMARTS) is 1. The molecular weight excluding hydrogens is 130 g/mol. The van der Waals surface area contributed by atoms with E-state index in [1.165, 1.54) is 6.08 Å². The van der Waals surface area contributed by atoms with Crippen LogP contribution in [0, 0.1) is 0 Å². The molecule has 10 heavy (non-hydrogen) atoms. The first kappa shape index (κ1) is 7.12. The third-order valence-corrected chi connectivity index (χ3v) is 1.58. The monoisotopic (exact) mass is 141 g/mol. The zero-order valence-corrected chi connectivity index (χ0v) is 5.92. The van der Waals surface area contributed by atoms with E-state index in [1.807, 2.05) is 6.92 Å². The molecule has 3 heteroatoms. The quantitative estimate of drug-likeness (QED) is 0.529. The van der Waals surface area contributed by atoms with Crippen molar-refractivity contribution in [1.29, 1.82) is 0 Å². The molecule has 1 unspecified atom stereocenters. The van der Waals surface area contributed by atoms with E-state index in [2.05, 4.69) is 5.32 Å². The number of aliphatic carboxylic acids is 1. The largest absolute Gasteiger partial charge is 0.478 e. The van der Waals surface area contributed by atoms with Gasteiger partial charge in [0, 0.05) is 17.8 Å². The Kier molecular flexibility index (Phi) is 1.94. The Morgan fingerprint density at radius 3 is 3.00 bits per heavy atom. The molecule has 0 bridgehead atoms. The van der Waals surface area contributed by atoms with E-state index in [-0.39, 0.29) is 0 Å². The molecule has 0 spiro atoms. The summed E-state index contributed by atoms with van der Waals surface area (Å²) >= 11 is 0. The van der Waals surface area contributed by atoms with Crippen LogP contribution in [0.2, 0.25) is 0 Å². The Bertz CT molecular complexity index is 174. The number of hydrogen-bond acceptors (Lipinski definition) is 2. The van der Waals surface area contributed by atoms with Crippen LogP contribution in [0.15, 0.2) is 11.8 Å². The van der Waals surface area contributed by atoms with Crippen molar-refractivity contribution in [1.82, 2.24) is 5.32 Å². The fourth-order valence-electron chi connectivity index (χ4n) is 1.10. The van der Waals surface area contributed by atoms with Gasteiger partial charge in [0.1, 0.15) is 0 Å². The van der Waals surface area contributed by atoms with Crippen molar-refractivity contribution in [2.45, 2.75) is 25.8 Å². The minimum absolute atomic E-state index is 0.436. The molecule has 0 aromatic heterocycles. The molecule has 0 saturated carbocycles. The molecule has 0 aliphatic carbocycles. The van der Waals surface area contributed by atoms with Crippen LogP contribution in [0.4, 0.5) is 0 Å². The number of carbonyl (C=O) groups is 1. The standard InChI is InChI=1S/C7H11NO2/c1-5-2-3-6(8-5)4-7(9)10/h4-5,8H,2-3H2,1H3,(H,9,10)/b6-4+. The highest BCUT2D eigenvalue weighted by atomic mass is 16.4. The van der Waals surface area contributed by atoms with Gasteiger partial charge in [-0.15, -0.1) is 0 Å². The lowest BCUT2D eigenvalue weighted by molar-refractivity contribution is -0.131. The highest BCUT2D eigenvalue weighted by molar-refractivity contribution is 5.80. The summed E-state index contributed by atoms with van der Waals surface area (Å²) in [6.07, 6.45) is 3.15. The van der Waals surface area contributed by atoms with E-state index in [0.29, 0.717) is 6.04 Å². The van der Waals surface area contributed by atoms with E-state index >= 15 is 0 Å². The molecule has 1 fully saturated rings. The first-order valence-electron chi connectivity index (χ1n) is 3.38. The van der Waals surface area contributed by atoms with Crippen LogP contribution in [0.1, 0.15) is 19.8 Å². The van der Waals surface area contributed by atoms with Gasteiger partial charge in [0.25, 0.3) is 0 Å². The molecule has 1 rings (SSSR count). The fourth-order valence-corrected chi connectivity index (χ4v) is 1.10. The second-order valence-corrected chi connectivity index (χ2v) is 2.59. The van der Waals surface area contributed by atoms with Crippen LogP contribution in [0.3, 0.4) is 0 Å². The van der Waals surface area contributed by atoms with Crippen LogP contribution in [0.25, 0.3) is 0 Å². The minimum atomic E-state index is -0.864. The molecule has 1 saturated heterocycles. The average molecular weight is 141 g/mol. The molecule has 56 valence electrons. The summed E-state index contributed by atoms with van der Waals surface area (Å²) in [5, 5.41) is 11.4. The zero-order chi connectivity index (χ0) is 7.56. The predicted octanol–water partition coefficient (Wildman–Crippen LogP) is 0.727. The van der Waals surface area contributed by atoms with Gasteiger partial charge in [-0.25, -0.2) is 4.79 Å². The van der Waals surface area contributed by atoms with Crippen LogP contribution in [-0.2, 0) is 4.79 Å². The Hall–Kier alpha value is -0.990. The summed E-state index contributed by atoms with van der Waals surface area (Å²) < 4.78 is 0. The molecule has 0 radical (unpaired) electrons. The highest BCUT2D eigenvalue weighted by Crippen LogP contribution is 2.13. The molecule has 3 nitrogen and oxygen atoms in total. The number of hydrogen-bond donors (Lipinski definition) is 2. The number of rotatable bonds is 1. The van der Waals surface area contributed by atoms with Crippen molar-refractivity contribution in [2.75, 3.05) is 0 Å². The summed E-state index contributed by atoms with van der Waals surface area (Å²) in [5.74, 6) is -0.864. The molecule has 0 aromatic carbocycles. The normalized spacial score (nSPS) is 28.5. The Morgan fingerprint density at radius 1 is 1.90 bits per heavy atom. The maximum Gasteiger partial charge on any atom is 0.330 e. The number of nitrogens with one attached hydrogen (secondary N) is 1. The van der Waals surface area contributed by atoms with Crippen molar-refractivity contribution in [3.8, 4) is 0 Å². The van der Waals surface area contributed by atoms with Crippen molar-refractivity contribution in [3.63, 3.8) is 0 Å². The summed E-state index contributed by atoms with van der Waals surface area (Å²) in [4.78, 5) is 10.1. The van der Waals surface area contributed by atoms with E-state index < -0.39 is 5.97 Å². The van der Waals surface area contributed by atoms with Gasteiger partial charge < -0.3 is 10.4 Å². The van der Waals surface area contributed by atoms with Crippen molar-refractivity contribution >= 4 is 5.97 Å². The second kappa shape index (κ2) is 2.73. The molecule has 0 amide bonds. The lowest BCUT2D eigenvalue weighted by atomic mass is 10.2. The van der Waals surface area contributed by atoms with Gasteiger partial charge in [-0.2, -0.15) is 0 Å². The molecule has 0 aromatic rings. The van der Waals surface area contributed by atoms with Gasteiger partial charge >= 0.3 is 5.97 Å². The molecule has 1 heterocycles. The Balaban J connectivity index is 2.51. The smallest absolute Gasteiger partial charge is 0.330 e. The number of carboxylic acids is 1. The highest BCUT2D eigenvalue weighted by Gasteiger charge is 2.13. The van der Waals surface area contributed by atoms with Crippen molar-refractivity contribution in [3.05, 3.63) is 11.8 Å². The van der Waals surface area contributed by atoms with E-state index in [0.717, 1.165) is 18.5 Å². The topological polar surface area (TPSA) is 49.3 Å². The zero-order valence-electron chi connectivity index (χ0n) is 5.92. The molecule has 1 aliphatic heterocycles. The summed E-state index contributed by atoms with van der Waals surface area (Å²) in [6, 6.07) is 0.436. The third kappa shape index (κ3) is 1.76. The van der Waals surface area contributed by atoms with E-state index in [1.54, 1.807) is 0 Å². The van der Waals surface area contributed by atoms with Gasteiger partial charge in [-0.3, -0.25) is 0 Å². The van der Waals surface area contributed by atoms with Crippen LogP contribution < -0.4 is 5.32 Å². The van der Waals surface area contributed by atoms with Crippen LogP contribution >= 0.6 is 0 Å².